The quantitative estimate of drug-likeness (QED) is 0.798. The van der Waals surface area contributed by atoms with Crippen molar-refractivity contribution in [2.75, 3.05) is 5.32 Å². The molecule has 0 radical (unpaired) electrons. The topological polar surface area (TPSA) is 42.0 Å². The molecule has 0 bridgehead atoms. The number of nitrogens with one attached hydrogen (secondary N) is 1. The van der Waals surface area contributed by atoms with Gasteiger partial charge in [-0.25, -0.2) is 0 Å². The van der Waals surface area contributed by atoms with Crippen LogP contribution in [-0.4, -0.2) is 10.9 Å². The molecule has 1 aromatic rings. The number of aromatic nitrogens is 1. The zero-order valence-electron chi connectivity index (χ0n) is 8.87. The SMILES string of the molecule is CCC(C)C(=O)Nc1ccnc(C)c1. The summed E-state index contributed by atoms with van der Waals surface area (Å²) in [5, 5.41) is 2.85. The smallest absolute Gasteiger partial charge is 0.227 e. The Bertz CT molecular complexity index is 323. The van der Waals surface area contributed by atoms with Gasteiger partial charge in [-0.15, -0.1) is 0 Å². The molecule has 0 aliphatic carbocycles. The first-order valence-electron chi connectivity index (χ1n) is 4.87. The number of nitrogens with zero attached hydrogens (tertiary/aromatic N) is 1. The Morgan fingerprint density at radius 2 is 2.36 bits per heavy atom. The van der Waals surface area contributed by atoms with Gasteiger partial charge in [0.15, 0.2) is 0 Å². The van der Waals surface area contributed by atoms with Crippen LogP contribution in [0.4, 0.5) is 5.69 Å². The molecule has 1 aromatic heterocycles. The van der Waals surface area contributed by atoms with E-state index < -0.39 is 0 Å². The molecule has 0 fully saturated rings. The van der Waals surface area contributed by atoms with Crippen LogP contribution >= 0.6 is 0 Å². The second-order valence-electron chi connectivity index (χ2n) is 3.48. The third kappa shape index (κ3) is 2.83. The Balaban J connectivity index is 2.65. The summed E-state index contributed by atoms with van der Waals surface area (Å²) in [7, 11) is 0. The minimum atomic E-state index is 0.0588. The van der Waals surface area contributed by atoms with Crippen LogP contribution in [0.25, 0.3) is 0 Å². The van der Waals surface area contributed by atoms with E-state index in [0.717, 1.165) is 17.8 Å². The van der Waals surface area contributed by atoms with Gasteiger partial charge in [-0.2, -0.15) is 0 Å². The van der Waals surface area contributed by atoms with Crippen LogP contribution in [0.5, 0.6) is 0 Å². The number of carbonyl (C=O) groups is 1. The van der Waals surface area contributed by atoms with Gasteiger partial charge in [0, 0.05) is 23.5 Å². The van der Waals surface area contributed by atoms with E-state index in [-0.39, 0.29) is 11.8 Å². The van der Waals surface area contributed by atoms with Crippen LogP contribution in [0.3, 0.4) is 0 Å². The van der Waals surface area contributed by atoms with Crippen molar-refractivity contribution in [2.45, 2.75) is 27.2 Å². The average Bonchev–Trinajstić information content (AvgIpc) is 2.16. The molecule has 14 heavy (non-hydrogen) atoms. The van der Waals surface area contributed by atoms with E-state index >= 15 is 0 Å². The standard InChI is InChI=1S/C11H16N2O/c1-4-8(2)11(14)13-10-5-6-12-9(3)7-10/h5-8H,4H2,1-3H3,(H,12,13,14). The summed E-state index contributed by atoms with van der Waals surface area (Å²) in [6.07, 6.45) is 2.55. The molecule has 76 valence electrons. The highest BCUT2D eigenvalue weighted by Gasteiger charge is 2.09. The van der Waals surface area contributed by atoms with Crippen molar-refractivity contribution in [3.8, 4) is 0 Å². The fourth-order valence-electron chi connectivity index (χ4n) is 1.07. The first-order valence-corrected chi connectivity index (χ1v) is 4.87. The lowest BCUT2D eigenvalue weighted by molar-refractivity contribution is -0.119. The van der Waals surface area contributed by atoms with E-state index in [1.807, 2.05) is 26.8 Å². The van der Waals surface area contributed by atoms with Gasteiger partial charge >= 0.3 is 0 Å². The zero-order chi connectivity index (χ0) is 10.6. The van der Waals surface area contributed by atoms with Crippen LogP contribution in [0.15, 0.2) is 18.3 Å². The van der Waals surface area contributed by atoms with Gasteiger partial charge in [0.05, 0.1) is 0 Å². The summed E-state index contributed by atoms with van der Waals surface area (Å²) < 4.78 is 0. The Labute approximate surface area is 84.6 Å². The van der Waals surface area contributed by atoms with E-state index in [1.54, 1.807) is 12.3 Å². The van der Waals surface area contributed by atoms with Gasteiger partial charge in [0.25, 0.3) is 0 Å². The number of hydrogen-bond acceptors (Lipinski definition) is 2. The summed E-state index contributed by atoms with van der Waals surface area (Å²) in [6.45, 7) is 5.82. The number of aryl methyl sites for hydroxylation is 1. The zero-order valence-corrected chi connectivity index (χ0v) is 8.87. The minimum Gasteiger partial charge on any atom is -0.326 e. The third-order valence-electron chi connectivity index (χ3n) is 2.22. The van der Waals surface area contributed by atoms with E-state index in [2.05, 4.69) is 10.3 Å². The van der Waals surface area contributed by atoms with Gasteiger partial charge in [0.1, 0.15) is 0 Å². The maximum Gasteiger partial charge on any atom is 0.227 e. The molecule has 0 aliphatic heterocycles. The molecular formula is C11H16N2O. The van der Waals surface area contributed by atoms with E-state index in [0.29, 0.717) is 0 Å². The predicted molar refractivity (Wildman–Crippen MR) is 57.1 cm³/mol. The molecular weight excluding hydrogens is 176 g/mol. The largest absolute Gasteiger partial charge is 0.326 e. The van der Waals surface area contributed by atoms with Crippen LogP contribution in [0.1, 0.15) is 26.0 Å². The second kappa shape index (κ2) is 4.74. The predicted octanol–water partition coefficient (Wildman–Crippen LogP) is 2.37. The van der Waals surface area contributed by atoms with Gasteiger partial charge in [-0.05, 0) is 25.5 Å². The lowest BCUT2D eigenvalue weighted by Gasteiger charge is -2.09. The number of anilines is 1. The fourth-order valence-corrected chi connectivity index (χ4v) is 1.07. The van der Waals surface area contributed by atoms with Crippen LogP contribution in [-0.2, 0) is 4.79 Å². The first kappa shape index (κ1) is 10.7. The van der Waals surface area contributed by atoms with E-state index in [4.69, 9.17) is 0 Å². The third-order valence-corrected chi connectivity index (χ3v) is 2.22. The fraction of sp³-hybridized carbons (Fsp3) is 0.455. The number of carbonyl (C=O) groups excluding carboxylic acids is 1. The molecule has 0 aromatic carbocycles. The number of rotatable bonds is 3. The van der Waals surface area contributed by atoms with Crippen molar-refractivity contribution in [1.82, 2.24) is 4.98 Å². The van der Waals surface area contributed by atoms with Gasteiger partial charge in [-0.1, -0.05) is 13.8 Å². The van der Waals surface area contributed by atoms with Crippen LogP contribution in [0, 0.1) is 12.8 Å². The maximum atomic E-state index is 11.5. The summed E-state index contributed by atoms with van der Waals surface area (Å²) in [6, 6.07) is 3.66. The van der Waals surface area contributed by atoms with E-state index in [9.17, 15) is 4.79 Å². The molecule has 0 aliphatic rings. The molecule has 3 nitrogen and oxygen atoms in total. The molecule has 1 amide bonds. The van der Waals surface area contributed by atoms with Crippen molar-refractivity contribution in [1.29, 1.82) is 0 Å². The Morgan fingerprint density at radius 3 is 2.93 bits per heavy atom. The highest BCUT2D eigenvalue weighted by Crippen LogP contribution is 2.10. The minimum absolute atomic E-state index is 0.0588. The molecule has 3 heteroatoms. The lowest BCUT2D eigenvalue weighted by Crippen LogP contribution is -2.19. The van der Waals surface area contributed by atoms with E-state index in [1.165, 1.54) is 0 Å². The Morgan fingerprint density at radius 1 is 1.64 bits per heavy atom. The molecule has 0 saturated carbocycles. The maximum absolute atomic E-state index is 11.5. The Kier molecular flexibility index (Phi) is 3.63. The second-order valence-corrected chi connectivity index (χ2v) is 3.48. The molecule has 1 unspecified atom stereocenters. The van der Waals surface area contributed by atoms with Crippen molar-refractivity contribution in [2.24, 2.45) is 5.92 Å². The summed E-state index contributed by atoms with van der Waals surface area (Å²) in [5.74, 6) is 0.126. The number of amides is 1. The van der Waals surface area contributed by atoms with Crippen molar-refractivity contribution in [3.63, 3.8) is 0 Å². The summed E-state index contributed by atoms with van der Waals surface area (Å²) in [4.78, 5) is 15.6. The first-order chi connectivity index (χ1) is 6.63. The normalized spacial score (nSPS) is 12.2. The van der Waals surface area contributed by atoms with Gasteiger partial charge in [-0.3, -0.25) is 9.78 Å². The molecule has 1 heterocycles. The lowest BCUT2D eigenvalue weighted by atomic mass is 10.1. The number of hydrogen-bond donors (Lipinski definition) is 1. The molecule has 1 rings (SSSR count). The van der Waals surface area contributed by atoms with Crippen molar-refractivity contribution >= 4 is 11.6 Å². The van der Waals surface area contributed by atoms with Gasteiger partial charge in [0.2, 0.25) is 5.91 Å². The summed E-state index contributed by atoms with van der Waals surface area (Å²) in [5.41, 5.74) is 1.73. The van der Waals surface area contributed by atoms with Crippen molar-refractivity contribution < 1.29 is 4.79 Å². The average molecular weight is 192 g/mol. The van der Waals surface area contributed by atoms with Crippen LogP contribution in [0.2, 0.25) is 0 Å². The highest BCUT2D eigenvalue weighted by molar-refractivity contribution is 5.92. The molecule has 1 atom stereocenters. The van der Waals surface area contributed by atoms with Crippen LogP contribution < -0.4 is 5.32 Å². The van der Waals surface area contributed by atoms with Crippen molar-refractivity contribution in [3.05, 3.63) is 24.0 Å². The van der Waals surface area contributed by atoms with Gasteiger partial charge < -0.3 is 5.32 Å². The highest BCUT2D eigenvalue weighted by atomic mass is 16.1. The Hall–Kier alpha value is -1.38. The monoisotopic (exact) mass is 192 g/mol. The number of pyridine rings is 1. The molecule has 0 saturated heterocycles. The molecule has 1 N–H and O–H groups in total. The molecule has 0 spiro atoms. The summed E-state index contributed by atoms with van der Waals surface area (Å²) >= 11 is 0.